The minimum atomic E-state index is 0. The van der Waals surface area contributed by atoms with Crippen molar-refractivity contribution < 1.29 is 32.0 Å². The van der Waals surface area contributed by atoms with Crippen molar-refractivity contribution in [2.45, 2.75) is 0 Å². The molecule has 0 aliphatic heterocycles. The van der Waals surface area contributed by atoms with Gasteiger partial charge in [0.15, 0.2) is 0 Å². The van der Waals surface area contributed by atoms with Crippen molar-refractivity contribution in [2.75, 3.05) is 6.61 Å². The van der Waals surface area contributed by atoms with Gasteiger partial charge in [-0.3, -0.25) is 0 Å². The molecule has 0 aromatic carbocycles. The van der Waals surface area contributed by atoms with Gasteiger partial charge in [0, 0.05) is 27.3 Å². The predicted octanol–water partition coefficient (Wildman–Crippen LogP) is 1.40. The Kier molecular flexibility index (Phi) is 11.5. The normalized spacial score (nSPS) is 6.62. The molecule has 42 valence electrons. The first-order chi connectivity index (χ1) is 3.27. The largest absolute Gasteiger partial charge is 0.475 e. The van der Waals surface area contributed by atoms with Crippen LogP contribution in [-0.2, 0) is 32.0 Å². The van der Waals surface area contributed by atoms with Crippen molar-refractivity contribution in [1.82, 2.24) is 0 Å². The average Bonchev–Trinajstić information content (AvgIpc) is 1.61. The van der Waals surface area contributed by atoms with Gasteiger partial charge in [-0.2, -0.15) is 0 Å². The number of hydrogen-bond acceptors (Lipinski definition) is 2. The summed E-state index contributed by atoms with van der Waals surface area (Å²) < 4.78 is 4.93. The van der Waals surface area contributed by atoms with Crippen molar-refractivity contribution in [3.8, 4) is 0 Å². The van der Waals surface area contributed by atoms with Crippen molar-refractivity contribution in [3.05, 3.63) is 12.7 Å². The summed E-state index contributed by atoms with van der Waals surface area (Å²) in [4.78, 5) is 0. The third-order valence-electron chi connectivity index (χ3n) is 0.325. The van der Waals surface area contributed by atoms with Crippen LogP contribution < -0.4 is 0 Å². The molecule has 0 amide bonds. The Morgan fingerprint density at radius 2 is 2.38 bits per heavy atom. The average molecular weight is 247 g/mol. The number of hydrogen-bond donors (Lipinski definition) is 1. The molecule has 0 rings (SSSR count). The monoisotopic (exact) mass is 248 g/mol. The molecule has 0 fully saturated rings. The van der Waals surface area contributed by atoms with E-state index >= 15 is 0 Å². The third-order valence-corrected chi connectivity index (χ3v) is 0.572. The zero-order chi connectivity index (χ0) is 5.70. The van der Waals surface area contributed by atoms with Gasteiger partial charge in [-0.1, -0.05) is 25.3 Å². The Bertz CT molecular complexity index is 84.1. The molecule has 0 unspecified atom stereocenters. The number of ether oxygens (including phenoxy) is 1. The summed E-state index contributed by atoms with van der Waals surface area (Å²) in [6.45, 7) is 3.86. The fourth-order valence-corrected chi connectivity index (χ4v) is 0.273. The molecule has 0 N–H and O–H groups in total. The van der Waals surface area contributed by atoms with E-state index < -0.39 is 0 Å². The van der Waals surface area contributed by atoms with Crippen LogP contribution in [0, 0.1) is 0 Å². The van der Waals surface area contributed by atoms with Crippen LogP contribution in [0.5, 0.6) is 0 Å². The maximum absolute atomic E-state index is 4.67. The first kappa shape index (κ1) is 11.7. The van der Waals surface area contributed by atoms with Crippen LogP contribution in [0.4, 0.5) is 0 Å². The van der Waals surface area contributed by atoms with Crippen LogP contribution in [0.1, 0.15) is 0 Å². The second kappa shape index (κ2) is 7.90. The van der Waals surface area contributed by atoms with E-state index in [1.165, 1.54) is 0 Å². The zero-order valence-electron chi connectivity index (χ0n) is 4.46. The molecule has 0 aliphatic carbocycles. The van der Waals surface area contributed by atoms with Crippen LogP contribution in [-0.4, -0.2) is 11.0 Å². The Morgan fingerprint density at radius 3 is 2.50 bits per heavy atom. The smallest absolute Gasteiger partial charge is 0.217 e. The molecule has 1 nitrogen and oxygen atoms in total. The van der Waals surface area contributed by atoms with E-state index in [0.29, 0.717) is 6.61 Å². The summed E-state index contributed by atoms with van der Waals surface area (Å²) in [6, 6.07) is 0. The van der Waals surface area contributed by atoms with Crippen LogP contribution >= 0.6 is 24.8 Å². The van der Waals surface area contributed by atoms with Gasteiger partial charge in [-0.25, -0.2) is 0 Å². The fraction of sp³-hybridized carbons (Fsp3) is 0.250. The maximum atomic E-state index is 4.67. The second-order valence-corrected chi connectivity index (χ2v) is 1.95. The van der Waals surface area contributed by atoms with Gasteiger partial charge in [0.2, 0.25) is 4.38 Å². The maximum Gasteiger partial charge on any atom is 0.217 e. The molecule has 0 spiro atoms. The molecule has 0 radical (unpaired) electrons. The van der Waals surface area contributed by atoms with E-state index in [-0.39, 0.29) is 31.7 Å². The third kappa shape index (κ3) is 10.0. The summed E-state index contributed by atoms with van der Waals surface area (Å²) >= 11 is 8.15. The van der Waals surface area contributed by atoms with Gasteiger partial charge in [0.25, 0.3) is 0 Å². The molecular formula is C4H6CdOS2. The van der Waals surface area contributed by atoms with E-state index in [1.807, 2.05) is 0 Å². The number of thiocarbonyl (C=S) groups is 1. The van der Waals surface area contributed by atoms with Gasteiger partial charge in [-0.15, -0.1) is 0 Å². The number of rotatable bonds is 2. The molecule has 0 aromatic heterocycles. The fourth-order valence-electron chi connectivity index (χ4n) is 0.130. The molecule has 0 aromatic rings. The molecule has 0 saturated carbocycles. The molecule has 0 bridgehead atoms. The predicted molar refractivity (Wildman–Crippen MR) is 37.7 cm³/mol. The minimum absolute atomic E-state index is 0. The molecule has 0 heterocycles. The molecular weight excluding hydrogens is 241 g/mol. The van der Waals surface area contributed by atoms with Crippen molar-refractivity contribution in [1.29, 1.82) is 0 Å². The molecule has 0 aliphatic rings. The Morgan fingerprint density at radius 1 is 1.88 bits per heavy atom. The summed E-state index contributed by atoms with van der Waals surface area (Å²) in [5, 5.41) is 0. The van der Waals surface area contributed by atoms with Gasteiger partial charge in [0.05, 0.1) is 0 Å². The summed E-state index contributed by atoms with van der Waals surface area (Å²) in [7, 11) is 0. The summed E-state index contributed by atoms with van der Waals surface area (Å²) in [5.41, 5.74) is 0. The number of thiol groups is 1. The van der Waals surface area contributed by atoms with E-state index in [0.717, 1.165) is 0 Å². The zero-order valence-corrected chi connectivity index (χ0v) is 10.2. The summed E-state index contributed by atoms with van der Waals surface area (Å²) in [6.07, 6.45) is 1.61. The van der Waals surface area contributed by atoms with E-state index in [4.69, 9.17) is 0 Å². The van der Waals surface area contributed by atoms with Gasteiger partial charge in [-0.05, 0) is 12.2 Å². The van der Waals surface area contributed by atoms with Crippen LogP contribution in [0.2, 0.25) is 0 Å². The second-order valence-electron chi connectivity index (χ2n) is 0.866. The first-order valence-corrected chi connectivity index (χ1v) is 2.59. The Labute approximate surface area is 80.1 Å². The summed E-state index contributed by atoms with van der Waals surface area (Å²) in [5.74, 6) is 0. The van der Waals surface area contributed by atoms with Crippen LogP contribution in [0.15, 0.2) is 12.7 Å². The standard InChI is InChI=1S/C4H6OS2.Cd/c1-2-3-5-4(6)7;/h2H,1,3H2,(H,6,7);. The quantitative estimate of drug-likeness (QED) is 0.341. The van der Waals surface area contributed by atoms with Crippen LogP contribution in [0.25, 0.3) is 0 Å². The van der Waals surface area contributed by atoms with E-state index in [2.05, 4.69) is 36.2 Å². The molecule has 0 saturated heterocycles. The van der Waals surface area contributed by atoms with Crippen molar-refractivity contribution >= 4 is 29.2 Å². The molecule has 8 heavy (non-hydrogen) atoms. The van der Waals surface area contributed by atoms with Gasteiger partial charge >= 0.3 is 0 Å². The topological polar surface area (TPSA) is 9.23 Å². The van der Waals surface area contributed by atoms with Crippen molar-refractivity contribution in [3.63, 3.8) is 0 Å². The van der Waals surface area contributed by atoms with Gasteiger partial charge < -0.3 is 4.74 Å². The van der Waals surface area contributed by atoms with E-state index in [1.54, 1.807) is 6.08 Å². The first-order valence-electron chi connectivity index (χ1n) is 1.74. The van der Waals surface area contributed by atoms with E-state index in [9.17, 15) is 0 Å². The van der Waals surface area contributed by atoms with Crippen molar-refractivity contribution in [2.24, 2.45) is 0 Å². The molecule has 4 heteroatoms. The Balaban J connectivity index is 0. The molecule has 0 atom stereocenters. The minimum Gasteiger partial charge on any atom is -0.475 e. The van der Waals surface area contributed by atoms with Gasteiger partial charge in [0.1, 0.15) is 6.61 Å². The Hall–Kier alpha value is 0.902. The van der Waals surface area contributed by atoms with Crippen LogP contribution in [0.3, 0.4) is 0 Å². The SMILES string of the molecule is C=CCOC(=S)S.[Cd].